The Hall–Kier alpha value is -0.130. The van der Waals surface area contributed by atoms with Crippen molar-refractivity contribution in [3.8, 4) is 0 Å². The van der Waals surface area contributed by atoms with Crippen LogP contribution in [0.2, 0.25) is 0 Å². The fraction of sp³-hybridized carbons (Fsp3) is 1.00. The SMILES string of the molecule is CC(C)(CO)NS(=O)(=O)C1CCCCC1. The van der Waals surface area contributed by atoms with Gasteiger partial charge in [0.2, 0.25) is 10.0 Å². The van der Waals surface area contributed by atoms with Gasteiger partial charge >= 0.3 is 0 Å². The third-order valence-electron chi connectivity index (χ3n) is 2.80. The fourth-order valence-corrected chi connectivity index (χ4v) is 3.83. The highest BCUT2D eigenvalue weighted by atomic mass is 32.2. The first-order chi connectivity index (χ1) is 6.87. The molecular weight excluding hydrogens is 214 g/mol. The molecule has 1 saturated carbocycles. The van der Waals surface area contributed by atoms with Crippen LogP contribution < -0.4 is 4.72 Å². The first-order valence-corrected chi connectivity index (χ1v) is 7.06. The van der Waals surface area contributed by atoms with Crippen LogP contribution in [0.1, 0.15) is 46.0 Å². The van der Waals surface area contributed by atoms with Gasteiger partial charge in [-0.3, -0.25) is 0 Å². The van der Waals surface area contributed by atoms with Crippen molar-refractivity contribution in [2.45, 2.75) is 56.7 Å². The summed E-state index contributed by atoms with van der Waals surface area (Å²) in [6.45, 7) is 3.19. The molecule has 0 spiro atoms. The minimum atomic E-state index is -3.26. The molecule has 1 fully saturated rings. The third kappa shape index (κ3) is 3.74. The average Bonchev–Trinajstić information content (AvgIpc) is 2.18. The summed E-state index contributed by atoms with van der Waals surface area (Å²) >= 11 is 0. The second-order valence-electron chi connectivity index (χ2n) is 4.95. The smallest absolute Gasteiger partial charge is 0.215 e. The minimum Gasteiger partial charge on any atom is -0.394 e. The summed E-state index contributed by atoms with van der Waals surface area (Å²) in [6, 6.07) is 0. The van der Waals surface area contributed by atoms with Gasteiger partial charge in [-0.25, -0.2) is 13.1 Å². The van der Waals surface area contributed by atoms with Gasteiger partial charge in [0.05, 0.1) is 17.4 Å². The van der Waals surface area contributed by atoms with Crippen molar-refractivity contribution in [2.24, 2.45) is 0 Å². The third-order valence-corrected chi connectivity index (χ3v) is 4.99. The highest BCUT2D eigenvalue weighted by molar-refractivity contribution is 7.90. The van der Waals surface area contributed by atoms with Gasteiger partial charge in [-0.15, -0.1) is 0 Å². The second-order valence-corrected chi connectivity index (χ2v) is 6.91. The van der Waals surface area contributed by atoms with Gasteiger partial charge in [-0.1, -0.05) is 19.3 Å². The maximum Gasteiger partial charge on any atom is 0.215 e. The summed E-state index contributed by atoms with van der Waals surface area (Å²) in [5, 5.41) is 8.76. The molecule has 0 aliphatic heterocycles. The van der Waals surface area contributed by atoms with E-state index in [1.165, 1.54) is 0 Å². The lowest BCUT2D eigenvalue weighted by atomic mass is 10.0. The standard InChI is InChI=1S/C10H21NO3S/c1-10(2,8-12)11-15(13,14)9-6-4-3-5-7-9/h9,11-12H,3-8H2,1-2H3. The van der Waals surface area contributed by atoms with Crippen molar-refractivity contribution in [1.82, 2.24) is 4.72 Å². The Morgan fingerprint density at radius 2 is 1.80 bits per heavy atom. The number of sulfonamides is 1. The number of hydrogen-bond donors (Lipinski definition) is 2. The topological polar surface area (TPSA) is 66.4 Å². The lowest BCUT2D eigenvalue weighted by molar-refractivity contribution is 0.207. The molecule has 0 radical (unpaired) electrons. The molecule has 0 aromatic rings. The van der Waals surface area contributed by atoms with Crippen LogP contribution in [0.4, 0.5) is 0 Å². The van der Waals surface area contributed by atoms with Gasteiger partial charge in [-0.05, 0) is 26.7 Å². The summed E-state index contributed by atoms with van der Waals surface area (Å²) in [5.74, 6) is 0. The van der Waals surface area contributed by atoms with Gasteiger partial charge in [0.1, 0.15) is 0 Å². The van der Waals surface area contributed by atoms with Crippen LogP contribution in [0.15, 0.2) is 0 Å². The summed E-state index contributed by atoms with van der Waals surface area (Å²) in [5.41, 5.74) is -0.754. The molecule has 90 valence electrons. The molecule has 0 aromatic heterocycles. The van der Waals surface area contributed by atoms with E-state index < -0.39 is 15.6 Å². The number of hydrogen-bond acceptors (Lipinski definition) is 3. The molecule has 0 bridgehead atoms. The summed E-state index contributed by atoms with van der Waals surface area (Å²) < 4.78 is 26.4. The van der Waals surface area contributed by atoms with E-state index in [0.717, 1.165) is 32.1 Å². The molecule has 0 saturated heterocycles. The first-order valence-electron chi connectivity index (χ1n) is 5.51. The van der Waals surface area contributed by atoms with E-state index in [1.54, 1.807) is 13.8 Å². The Kier molecular flexibility index (Phi) is 4.14. The second kappa shape index (κ2) is 4.80. The van der Waals surface area contributed by atoms with E-state index in [0.29, 0.717) is 0 Å². The Labute approximate surface area is 92.1 Å². The monoisotopic (exact) mass is 235 g/mol. The van der Waals surface area contributed by atoms with Crippen molar-refractivity contribution in [3.05, 3.63) is 0 Å². The van der Waals surface area contributed by atoms with E-state index in [1.807, 2.05) is 0 Å². The van der Waals surface area contributed by atoms with Crippen LogP contribution >= 0.6 is 0 Å². The predicted octanol–water partition coefficient (Wildman–Crippen LogP) is 1.01. The average molecular weight is 235 g/mol. The zero-order valence-electron chi connectivity index (χ0n) is 9.49. The highest BCUT2D eigenvalue weighted by Crippen LogP contribution is 2.24. The maximum atomic E-state index is 11.9. The summed E-state index contributed by atoms with van der Waals surface area (Å²) in [4.78, 5) is 0. The van der Waals surface area contributed by atoms with E-state index in [2.05, 4.69) is 4.72 Å². The molecule has 15 heavy (non-hydrogen) atoms. The van der Waals surface area contributed by atoms with Gasteiger partial charge < -0.3 is 5.11 Å². The van der Waals surface area contributed by atoms with Crippen molar-refractivity contribution in [2.75, 3.05) is 6.61 Å². The zero-order valence-corrected chi connectivity index (χ0v) is 10.3. The largest absolute Gasteiger partial charge is 0.394 e. The Balaban J connectivity index is 2.65. The molecule has 4 nitrogen and oxygen atoms in total. The molecule has 0 amide bonds. The van der Waals surface area contributed by atoms with Crippen molar-refractivity contribution >= 4 is 10.0 Å². The quantitative estimate of drug-likeness (QED) is 0.764. The molecule has 1 rings (SSSR count). The minimum absolute atomic E-state index is 0.182. The van der Waals surface area contributed by atoms with E-state index in [4.69, 9.17) is 5.11 Å². The molecule has 5 heteroatoms. The molecule has 0 aromatic carbocycles. The molecule has 0 unspecified atom stereocenters. The Morgan fingerprint density at radius 1 is 1.27 bits per heavy atom. The molecule has 0 atom stereocenters. The lowest BCUT2D eigenvalue weighted by Gasteiger charge is -2.28. The van der Waals surface area contributed by atoms with Crippen LogP contribution in [-0.4, -0.2) is 30.9 Å². The van der Waals surface area contributed by atoms with Crippen molar-refractivity contribution < 1.29 is 13.5 Å². The van der Waals surface area contributed by atoms with Crippen LogP contribution in [0.3, 0.4) is 0 Å². The van der Waals surface area contributed by atoms with E-state index in [-0.39, 0.29) is 11.9 Å². The maximum absolute atomic E-state index is 11.9. The zero-order chi connectivity index (χ0) is 11.5. The number of aliphatic hydroxyl groups excluding tert-OH is 1. The fourth-order valence-electron chi connectivity index (χ4n) is 1.88. The molecule has 2 N–H and O–H groups in total. The van der Waals surface area contributed by atoms with E-state index >= 15 is 0 Å². The summed E-state index contributed by atoms with van der Waals surface area (Å²) in [7, 11) is -3.26. The van der Waals surface area contributed by atoms with Crippen molar-refractivity contribution in [3.63, 3.8) is 0 Å². The van der Waals surface area contributed by atoms with Crippen LogP contribution in [0.5, 0.6) is 0 Å². The molecule has 0 heterocycles. The highest BCUT2D eigenvalue weighted by Gasteiger charge is 2.31. The van der Waals surface area contributed by atoms with Crippen LogP contribution in [0.25, 0.3) is 0 Å². The first kappa shape index (κ1) is 12.9. The molecule has 1 aliphatic carbocycles. The van der Waals surface area contributed by atoms with Gasteiger partial charge in [-0.2, -0.15) is 0 Å². The van der Waals surface area contributed by atoms with E-state index in [9.17, 15) is 8.42 Å². The number of rotatable bonds is 4. The van der Waals surface area contributed by atoms with Gasteiger partial charge in [0.25, 0.3) is 0 Å². The lowest BCUT2D eigenvalue weighted by Crippen LogP contribution is -2.49. The summed E-state index contributed by atoms with van der Waals surface area (Å²) in [6.07, 6.45) is 4.61. The van der Waals surface area contributed by atoms with Crippen LogP contribution in [-0.2, 0) is 10.0 Å². The Morgan fingerprint density at radius 3 is 2.27 bits per heavy atom. The number of nitrogens with one attached hydrogen (secondary N) is 1. The van der Waals surface area contributed by atoms with Crippen molar-refractivity contribution in [1.29, 1.82) is 0 Å². The number of aliphatic hydroxyl groups is 1. The predicted molar refractivity (Wildman–Crippen MR) is 60.1 cm³/mol. The molecule has 1 aliphatic rings. The molecular formula is C10H21NO3S. The van der Waals surface area contributed by atoms with Crippen LogP contribution in [0, 0.1) is 0 Å². The van der Waals surface area contributed by atoms with Gasteiger partial charge in [0, 0.05) is 0 Å². The Bertz CT molecular complexity index is 292. The normalized spacial score (nSPS) is 20.5. The van der Waals surface area contributed by atoms with Gasteiger partial charge in [0.15, 0.2) is 0 Å².